The topological polar surface area (TPSA) is 46.5 Å². The summed E-state index contributed by atoms with van der Waals surface area (Å²) in [5.74, 6) is 4.28. The number of carbonyl (C=O) groups excluding carboxylic acids is 1. The molecule has 0 saturated carbocycles. The molecule has 0 fully saturated rings. The second-order valence-corrected chi connectivity index (χ2v) is 3.04. The lowest BCUT2D eigenvalue weighted by Crippen LogP contribution is -1.99. The van der Waals surface area contributed by atoms with Gasteiger partial charge in [-0.25, -0.2) is 4.79 Å². The van der Waals surface area contributed by atoms with Gasteiger partial charge < -0.3 is 9.84 Å². The Hall–Kier alpha value is -1.66. The average Bonchev–Trinajstić information content (AvgIpc) is 2.20. The van der Waals surface area contributed by atoms with Crippen molar-refractivity contribution in [3.05, 3.63) is 28.8 Å². The lowest BCUT2D eigenvalue weighted by molar-refractivity contribution is -0.136. The lowest BCUT2D eigenvalue weighted by atomic mass is 10.2. The predicted molar refractivity (Wildman–Crippen MR) is 56.6 cm³/mol. The molecule has 0 aliphatic rings. The van der Waals surface area contributed by atoms with Crippen LogP contribution in [0.3, 0.4) is 0 Å². The molecule has 1 aromatic rings. The van der Waals surface area contributed by atoms with Gasteiger partial charge in [0.1, 0.15) is 5.75 Å². The quantitative estimate of drug-likeness (QED) is 0.586. The van der Waals surface area contributed by atoms with E-state index in [1.807, 2.05) is 0 Å². The Labute approximate surface area is 92.6 Å². The molecule has 4 heteroatoms. The molecule has 78 valence electrons. The molecule has 15 heavy (non-hydrogen) atoms. The molecular formula is C11H9ClO3. The molecule has 0 atom stereocenters. The van der Waals surface area contributed by atoms with Gasteiger partial charge in [0.2, 0.25) is 0 Å². The summed E-state index contributed by atoms with van der Waals surface area (Å²) in [5.41, 5.74) is 0.547. The van der Waals surface area contributed by atoms with Gasteiger partial charge in [0, 0.05) is 11.5 Å². The van der Waals surface area contributed by atoms with Gasteiger partial charge in [0.15, 0.2) is 0 Å². The van der Waals surface area contributed by atoms with Crippen LogP contribution in [-0.4, -0.2) is 17.7 Å². The van der Waals surface area contributed by atoms with E-state index in [2.05, 4.69) is 16.6 Å². The van der Waals surface area contributed by atoms with Crippen molar-refractivity contribution in [1.82, 2.24) is 0 Å². The highest BCUT2D eigenvalue weighted by Crippen LogP contribution is 2.22. The van der Waals surface area contributed by atoms with Gasteiger partial charge in [-0.2, -0.15) is 0 Å². The summed E-state index contributed by atoms with van der Waals surface area (Å²) in [7, 11) is 0. The third-order valence-corrected chi connectivity index (χ3v) is 1.83. The van der Waals surface area contributed by atoms with Gasteiger partial charge in [0.05, 0.1) is 11.6 Å². The van der Waals surface area contributed by atoms with Crippen LogP contribution in [0.1, 0.15) is 12.5 Å². The second kappa shape index (κ2) is 5.28. The smallest absolute Gasteiger partial charge is 0.384 e. The van der Waals surface area contributed by atoms with Gasteiger partial charge in [-0.05, 0) is 25.1 Å². The van der Waals surface area contributed by atoms with Crippen LogP contribution < -0.4 is 0 Å². The summed E-state index contributed by atoms with van der Waals surface area (Å²) in [6, 6.07) is 4.45. The van der Waals surface area contributed by atoms with Gasteiger partial charge in [-0.3, -0.25) is 0 Å². The SMILES string of the molecule is CCOC(=O)C#Cc1ccc(O)c(Cl)c1. The first-order valence-corrected chi connectivity index (χ1v) is 4.68. The van der Waals surface area contributed by atoms with Crippen LogP contribution in [0.2, 0.25) is 5.02 Å². The van der Waals surface area contributed by atoms with Crippen LogP contribution in [0, 0.1) is 11.8 Å². The van der Waals surface area contributed by atoms with Crippen LogP contribution in [0.15, 0.2) is 18.2 Å². The predicted octanol–water partition coefficient (Wildman–Crippen LogP) is 1.96. The molecule has 3 nitrogen and oxygen atoms in total. The molecule has 1 N–H and O–H groups in total. The average molecular weight is 225 g/mol. The Bertz CT molecular complexity index is 429. The van der Waals surface area contributed by atoms with Crippen molar-refractivity contribution in [1.29, 1.82) is 0 Å². The maximum atomic E-state index is 10.9. The van der Waals surface area contributed by atoms with E-state index in [9.17, 15) is 4.79 Å². The molecule has 0 aromatic heterocycles. The number of esters is 1. The Kier molecular flexibility index (Phi) is 4.02. The largest absolute Gasteiger partial charge is 0.506 e. The fourth-order valence-electron chi connectivity index (χ4n) is 0.875. The number of phenolic OH excluding ortho intramolecular Hbond substituents is 1. The van der Waals surface area contributed by atoms with Gasteiger partial charge in [0.25, 0.3) is 0 Å². The standard InChI is InChI=1S/C11H9ClO3/c1-2-15-11(14)6-4-8-3-5-10(13)9(12)7-8/h3,5,7,13H,2H2,1H3. The summed E-state index contributed by atoms with van der Waals surface area (Å²) in [4.78, 5) is 10.9. The lowest BCUT2D eigenvalue weighted by Gasteiger charge is -1.95. The number of hydrogen-bond donors (Lipinski definition) is 1. The van der Waals surface area contributed by atoms with Crippen molar-refractivity contribution >= 4 is 17.6 Å². The van der Waals surface area contributed by atoms with Gasteiger partial charge in [-0.1, -0.05) is 17.5 Å². The first-order chi connectivity index (χ1) is 7.13. The van der Waals surface area contributed by atoms with E-state index >= 15 is 0 Å². The van der Waals surface area contributed by atoms with Crippen LogP contribution in [0.25, 0.3) is 0 Å². The number of halogens is 1. The summed E-state index contributed by atoms with van der Waals surface area (Å²) < 4.78 is 4.62. The molecule has 0 aliphatic heterocycles. The summed E-state index contributed by atoms with van der Waals surface area (Å²) in [5, 5.41) is 9.33. The number of phenols is 1. The van der Waals surface area contributed by atoms with Crippen LogP contribution in [0.4, 0.5) is 0 Å². The van der Waals surface area contributed by atoms with E-state index in [0.717, 1.165) is 0 Å². The monoisotopic (exact) mass is 224 g/mol. The van der Waals surface area contributed by atoms with E-state index in [1.165, 1.54) is 12.1 Å². The Morgan fingerprint density at radius 3 is 2.93 bits per heavy atom. The molecular weight excluding hydrogens is 216 g/mol. The molecule has 0 radical (unpaired) electrons. The Morgan fingerprint density at radius 1 is 1.60 bits per heavy atom. The molecule has 1 aromatic carbocycles. The fraction of sp³-hybridized carbons (Fsp3) is 0.182. The first kappa shape index (κ1) is 11.4. The molecule has 0 aliphatic carbocycles. The van der Waals surface area contributed by atoms with Crippen molar-refractivity contribution in [2.75, 3.05) is 6.61 Å². The van der Waals surface area contributed by atoms with Crippen molar-refractivity contribution in [3.8, 4) is 17.6 Å². The zero-order chi connectivity index (χ0) is 11.3. The van der Waals surface area contributed by atoms with E-state index in [1.54, 1.807) is 13.0 Å². The van der Waals surface area contributed by atoms with Crippen molar-refractivity contribution in [2.24, 2.45) is 0 Å². The summed E-state index contributed by atoms with van der Waals surface area (Å²) in [6.45, 7) is 2.00. The van der Waals surface area contributed by atoms with Crippen LogP contribution in [-0.2, 0) is 9.53 Å². The molecule has 0 bridgehead atoms. The number of ether oxygens (including phenoxy) is 1. The maximum Gasteiger partial charge on any atom is 0.384 e. The van der Waals surface area contributed by atoms with E-state index in [4.69, 9.17) is 16.7 Å². The minimum absolute atomic E-state index is 0.0154. The molecule has 0 heterocycles. The summed E-state index contributed by atoms with van der Waals surface area (Å²) >= 11 is 5.66. The molecule has 1 rings (SSSR count). The van der Waals surface area contributed by atoms with Crippen LogP contribution in [0.5, 0.6) is 5.75 Å². The minimum Gasteiger partial charge on any atom is -0.506 e. The summed E-state index contributed by atoms with van der Waals surface area (Å²) in [6.07, 6.45) is 0. The number of rotatable bonds is 1. The Balaban J connectivity index is 2.80. The molecule has 0 unspecified atom stereocenters. The zero-order valence-electron chi connectivity index (χ0n) is 8.08. The molecule has 0 spiro atoms. The second-order valence-electron chi connectivity index (χ2n) is 2.64. The van der Waals surface area contributed by atoms with Crippen LogP contribution >= 0.6 is 11.6 Å². The van der Waals surface area contributed by atoms with E-state index in [-0.39, 0.29) is 10.8 Å². The van der Waals surface area contributed by atoms with Crippen molar-refractivity contribution in [3.63, 3.8) is 0 Å². The first-order valence-electron chi connectivity index (χ1n) is 4.30. The number of aromatic hydroxyl groups is 1. The normalized spacial score (nSPS) is 8.93. The van der Waals surface area contributed by atoms with Crippen molar-refractivity contribution in [2.45, 2.75) is 6.92 Å². The van der Waals surface area contributed by atoms with Crippen molar-refractivity contribution < 1.29 is 14.6 Å². The highest BCUT2D eigenvalue weighted by atomic mass is 35.5. The highest BCUT2D eigenvalue weighted by Gasteiger charge is 1.98. The Morgan fingerprint density at radius 2 is 2.33 bits per heavy atom. The number of benzene rings is 1. The third kappa shape index (κ3) is 3.53. The molecule has 0 amide bonds. The maximum absolute atomic E-state index is 10.9. The van der Waals surface area contributed by atoms with Gasteiger partial charge >= 0.3 is 5.97 Å². The molecule has 0 saturated heterocycles. The zero-order valence-corrected chi connectivity index (χ0v) is 8.84. The van der Waals surface area contributed by atoms with E-state index in [0.29, 0.717) is 12.2 Å². The third-order valence-electron chi connectivity index (χ3n) is 1.53. The number of carbonyl (C=O) groups is 1. The van der Waals surface area contributed by atoms with Gasteiger partial charge in [-0.15, -0.1) is 0 Å². The highest BCUT2D eigenvalue weighted by molar-refractivity contribution is 6.32. The fourth-order valence-corrected chi connectivity index (χ4v) is 1.06. The minimum atomic E-state index is -0.582. The number of hydrogen-bond acceptors (Lipinski definition) is 3. The van der Waals surface area contributed by atoms with E-state index < -0.39 is 5.97 Å².